The number of hydrogen-bond donors (Lipinski definition) is 0. The van der Waals surface area contributed by atoms with E-state index in [0.717, 1.165) is 4.47 Å². The van der Waals surface area contributed by atoms with Gasteiger partial charge in [0.25, 0.3) is 0 Å². The fourth-order valence-corrected chi connectivity index (χ4v) is 3.57. The summed E-state index contributed by atoms with van der Waals surface area (Å²) in [5.74, 6) is -0.942. The quantitative estimate of drug-likeness (QED) is 0.128. The van der Waals surface area contributed by atoms with Gasteiger partial charge in [-0.2, -0.15) is 0 Å². The highest BCUT2D eigenvalue weighted by Gasteiger charge is 2.29. The van der Waals surface area contributed by atoms with Gasteiger partial charge in [-0.15, -0.1) is 0 Å². The molecule has 3 aromatic rings. The van der Waals surface area contributed by atoms with E-state index in [-0.39, 0.29) is 22.8 Å². The first-order valence-electron chi connectivity index (χ1n) is 8.89. The molecular formula is C23H12BrN3O3. The summed E-state index contributed by atoms with van der Waals surface area (Å²) in [5.41, 5.74) is 10.9. The summed E-state index contributed by atoms with van der Waals surface area (Å²) in [6.45, 7) is 0. The Morgan fingerprint density at radius 1 is 0.867 bits per heavy atom. The molecule has 0 bridgehead atoms. The summed E-state index contributed by atoms with van der Waals surface area (Å²) in [5, 5.41) is 3.53. The third-order valence-corrected chi connectivity index (χ3v) is 5.27. The zero-order valence-corrected chi connectivity index (χ0v) is 17.0. The lowest BCUT2D eigenvalue weighted by Crippen LogP contribution is -2.20. The van der Waals surface area contributed by atoms with Crippen LogP contribution in [0.25, 0.3) is 16.5 Å². The van der Waals surface area contributed by atoms with Crippen LogP contribution < -0.4 is 0 Å². The highest BCUT2D eigenvalue weighted by Crippen LogP contribution is 2.28. The molecule has 0 spiro atoms. The molecule has 144 valence electrons. The largest absolute Gasteiger partial charge is 0.289 e. The molecule has 0 atom stereocenters. The van der Waals surface area contributed by atoms with Crippen LogP contribution in [0.3, 0.4) is 0 Å². The van der Waals surface area contributed by atoms with Gasteiger partial charge >= 0.3 is 0 Å². The Labute approximate surface area is 179 Å². The van der Waals surface area contributed by atoms with E-state index in [4.69, 9.17) is 5.53 Å². The SMILES string of the molecule is [N-]=[N+]=NC(=Cc1ccc2c(c1)C(=O)c1ccccc1C2=O)C(=O)c1ccc(Br)cc1. The third kappa shape index (κ3) is 3.48. The summed E-state index contributed by atoms with van der Waals surface area (Å²) in [6.07, 6.45) is 1.41. The van der Waals surface area contributed by atoms with Crippen molar-refractivity contribution >= 4 is 39.4 Å². The van der Waals surface area contributed by atoms with E-state index in [9.17, 15) is 14.4 Å². The number of fused-ring (bicyclic) bond motifs is 2. The first-order chi connectivity index (χ1) is 14.5. The molecule has 0 radical (unpaired) electrons. The highest BCUT2D eigenvalue weighted by molar-refractivity contribution is 9.10. The van der Waals surface area contributed by atoms with Gasteiger partial charge in [0.15, 0.2) is 17.3 Å². The van der Waals surface area contributed by atoms with Gasteiger partial charge in [0.05, 0.1) is 5.70 Å². The summed E-state index contributed by atoms with van der Waals surface area (Å²) >= 11 is 3.31. The maximum Gasteiger partial charge on any atom is 0.195 e. The molecule has 1 aliphatic carbocycles. The fraction of sp³-hybridized carbons (Fsp3) is 0. The Morgan fingerprint density at radius 2 is 1.47 bits per heavy atom. The predicted molar refractivity (Wildman–Crippen MR) is 115 cm³/mol. The second kappa shape index (κ2) is 7.91. The van der Waals surface area contributed by atoms with Crippen molar-refractivity contribution in [3.8, 4) is 0 Å². The average molecular weight is 458 g/mol. The molecule has 0 heterocycles. The minimum atomic E-state index is -0.453. The zero-order valence-electron chi connectivity index (χ0n) is 15.4. The predicted octanol–water partition coefficient (Wildman–Crippen LogP) is 5.76. The van der Waals surface area contributed by atoms with Crippen LogP contribution in [0.5, 0.6) is 0 Å². The van der Waals surface area contributed by atoms with Crippen molar-refractivity contribution in [1.82, 2.24) is 0 Å². The number of carbonyl (C=O) groups excluding carboxylic acids is 3. The maximum absolute atomic E-state index is 12.9. The smallest absolute Gasteiger partial charge is 0.195 e. The summed E-state index contributed by atoms with van der Waals surface area (Å²) in [7, 11) is 0. The number of azide groups is 1. The van der Waals surface area contributed by atoms with Crippen molar-refractivity contribution in [1.29, 1.82) is 0 Å². The summed E-state index contributed by atoms with van der Waals surface area (Å²) in [4.78, 5) is 41.1. The van der Waals surface area contributed by atoms with Gasteiger partial charge in [-0.3, -0.25) is 14.4 Å². The number of allylic oxidation sites excluding steroid dienone is 1. The number of nitrogens with zero attached hydrogens (tertiary/aromatic N) is 3. The van der Waals surface area contributed by atoms with Gasteiger partial charge in [-0.05, 0) is 53.6 Å². The van der Waals surface area contributed by atoms with Gasteiger partial charge in [0.2, 0.25) is 0 Å². The Balaban J connectivity index is 1.77. The monoisotopic (exact) mass is 457 g/mol. The molecule has 0 fully saturated rings. The van der Waals surface area contributed by atoms with Crippen LogP contribution in [0, 0.1) is 0 Å². The molecule has 0 aliphatic heterocycles. The van der Waals surface area contributed by atoms with E-state index >= 15 is 0 Å². The van der Waals surface area contributed by atoms with Crippen LogP contribution in [0.15, 0.2) is 82.0 Å². The Hall–Kier alpha value is -3.80. The molecule has 0 N–H and O–H groups in total. The molecule has 0 saturated heterocycles. The van der Waals surface area contributed by atoms with E-state index in [0.29, 0.717) is 27.8 Å². The van der Waals surface area contributed by atoms with Crippen molar-refractivity contribution in [2.24, 2.45) is 5.11 Å². The van der Waals surface area contributed by atoms with Gasteiger partial charge in [0.1, 0.15) is 0 Å². The first kappa shape index (κ1) is 19.5. The number of Topliss-reactive ketones (excluding diaryl/α,β-unsaturated/α-hetero) is 1. The number of benzene rings is 3. The lowest BCUT2D eigenvalue weighted by molar-refractivity contribution is 0.0979. The van der Waals surface area contributed by atoms with Crippen LogP contribution >= 0.6 is 15.9 Å². The van der Waals surface area contributed by atoms with Crippen LogP contribution in [0.1, 0.15) is 47.8 Å². The molecule has 0 unspecified atom stereocenters. The van der Waals surface area contributed by atoms with Crippen molar-refractivity contribution in [2.75, 3.05) is 0 Å². The third-order valence-electron chi connectivity index (χ3n) is 4.74. The first-order valence-corrected chi connectivity index (χ1v) is 9.68. The number of halogens is 1. The summed E-state index contributed by atoms with van der Waals surface area (Å²) in [6, 6.07) is 18.0. The Kier molecular flexibility index (Phi) is 5.14. The van der Waals surface area contributed by atoms with Gasteiger partial charge < -0.3 is 0 Å². The molecule has 4 rings (SSSR count). The second-order valence-corrected chi connectivity index (χ2v) is 7.48. The molecule has 0 saturated carbocycles. The van der Waals surface area contributed by atoms with Gasteiger partial charge in [0, 0.05) is 37.2 Å². The lowest BCUT2D eigenvalue weighted by Gasteiger charge is -2.17. The van der Waals surface area contributed by atoms with E-state index in [2.05, 4.69) is 26.0 Å². The van der Waals surface area contributed by atoms with Crippen LogP contribution in [0.4, 0.5) is 0 Å². The van der Waals surface area contributed by atoms with Crippen LogP contribution in [0.2, 0.25) is 0 Å². The number of carbonyl (C=O) groups is 3. The van der Waals surface area contributed by atoms with Crippen molar-refractivity contribution in [3.05, 3.63) is 121 Å². The Bertz CT molecular complexity index is 1300. The number of hydrogen-bond acceptors (Lipinski definition) is 4. The summed E-state index contributed by atoms with van der Waals surface area (Å²) < 4.78 is 0.812. The lowest BCUT2D eigenvalue weighted by atomic mass is 9.83. The van der Waals surface area contributed by atoms with E-state index in [1.54, 1.807) is 60.7 Å². The van der Waals surface area contributed by atoms with Gasteiger partial charge in [-0.25, -0.2) is 0 Å². The van der Waals surface area contributed by atoms with Crippen molar-refractivity contribution < 1.29 is 14.4 Å². The van der Waals surface area contributed by atoms with Crippen molar-refractivity contribution in [3.63, 3.8) is 0 Å². The molecule has 30 heavy (non-hydrogen) atoms. The second-order valence-electron chi connectivity index (χ2n) is 6.56. The van der Waals surface area contributed by atoms with E-state index in [1.165, 1.54) is 12.1 Å². The molecule has 7 heteroatoms. The molecular weight excluding hydrogens is 446 g/mol. The topological polar surface area (TPSA) is 100.0 Å². The Morgan fingerprint density at radius 3 is 2.10 bits per heavy atom. The highest BCUT2D eigenvalue weighted by atomic mass is 79.9. The zero-order chi connectivity index (χ0) is 21.3. The molecule has 0 amide bonds. The standard InChI is InChI=1S/C23H12BrN3O3/c24-15-8-6-14(7-9-15)21(28)20(26-27-25)12-13-5-10-18-19(11-13)23(30)17-4-2-1-3-16(17)22(18)29/h1-12H. The van der Waals surface area contributed by atoms with E-state index in [1.807, 2.05) is 0 Å². The number of rotatable bonds is 4. The molecule has 3 aromatic carbocycles. The van der Waals surface area contributed by atoms with Gasteiger partial charge in [-0.1, -0.05) is 51.4 Å². The van der Waals surface area contributed by atoms with Crippen molar-refractivity contribution in [2.45, 2.75) is 0 Å². The molecule has 1 aliphatic rings. The van der Waals surface area contributed by atoms with Crippen LogP contribution in [-0.2, 0) is 0 Å². The number of ketones is 3. The minimum Gasteiger partial charge on any atom is -0.289 e. The normalized spacial score (nSPS) is 12.6. The molecule has 0 aromatic heterocycles. The van der Waals surface area contributed by atoms with Crippen LogP contribution in [-0.4, -0.2) is 17.3 Å². The molecule has 6 nitrogen and oxygen atoms in total. The fourth-order valence-electron chi connectivity index (χ4n) is 3.30. The van der Waals surface area contributed by atoms with E-state index < -0.39 is 5.78 Å². The maximum atomic E-state index is 12.9. The minimum absolute atomic E-state index is 0.116. The average Bonchev–Trinajstić information content (AvgIpc) is 2.77.